The van der Waals surface area contributed by atoms with Crippen LogP contribution in [-0.4, -0.2) is 47.0 Å². The Labute approximate surface area is 182 Å². The molecule has 0 unspecified atom stereocenters. The van der Waals surface area contributed by atoms with Gasteiger partial charge < -0.3 is 21.5 Å². The molecule has 0 aliphatic heterocycles. The van der Waals surface area contributed by atoms with Crippen LogP contribution in [0.3, 0.4) is 0 Å². The number of hydrogen-bond acceptors (Lipinski definition) is 6. The van der Waals surface area contributed by atoms with Crippen LogP contribution in [0.4, 0.5) is 5.82 Å². The number of hydrogen-bond donors (Lipinski definition) is 4. The van der Waals surface area contributed by atoms with Crippen molar-refractivity contribution in [2.24, 2.45) is 5.73 Å². The second kappa shape index (κ2) is 11.3. The molecule has 7 nitrogen and oxygen atoms in total. The van der Waals surface area contributed by atoms with E-state index in [9.17, 15) is 9.59 Å². The number of ketones is 1. The van der Waals surface area contributed by atoms with E-state index in [1.165, 1.54) is 32.1 Å². The van der Waals surface area contributed by atoms with Crippen LogP contribution < -0.4 is 16.4 Å². The fraction of sp³-hybridized carbons (Fsp3) is 0.375. The topological polar surface area (TPSA) is 117 Å². The van der Waals surface area contributed by atoms with Crippen molar-refractivity contribution < 1.29 is 14.7 Å². The summed E-state index contributed by atoms with van der Waals surface area (Å²) in [5.41, 5.74) is 7.42. The van der Waals surface area contributed by atoms with E-state index in [-0.39, 0.29) is 6.54 Å². The van der Waals surface area contributed by atoms with Gasteiger partial charge in [0.25, 0.3) is 5.91 Å². The van der Waals surface area contributed by atoms with Gasteiger partial charge in [-0.1, -0.05) is 31.1 Å². The Bertz CT molecular complexity index is 940. The van der Waals surface area contributed by atoms with Crippen LogP contribution in [0.25, 0.3) is 0 Å². The smallest absolute Gasteiger partial charge is 0.251 e. The molecule has 0 radical (unpaired) electrons. The molecule has 3 rings (SSSR count). The normalized spacial score (nSPS) is 14.8. The van der Waals surface area contributed by atoms with Gasteiger partial charge in [0.2, 0.25) is 0 Å². The number of aromatic nitrogens is 1. The predicted octanol–water partition coefficient (Wildman–Crippen LogP) is 1.84. The summed E-state index contributed by atoms with van der Waals surface area (Å²) in [6, 6.07) is 10.2. The zero-order valence-corrected chi connectivity index (χ0v) is 17.4. The summed E-state index contributed by atoms with van der Waals surface area (Å²) < 4.78 is 0. The number of rotatable bonds is 7. The van der Waals surface area contributed by atoms with Crippen molar-refractivity contribution in [1.82, 2.24) is 10.3 Å². The molecule has 1 fully saturated rings. The molecule has 162 valence electrons. The summed E-state index contributed by atoms with van der Waals surface area (Å²) in [7, 11) is 0. The monoisotopic (exact) mass is 420 g/mol. The van der Waals surface area contributed by atoms with E-state index in [1.54, 1.807) is 30.5 Å². The quantitative estimate of drug-likeness (QED) is 0.508. The van der Waals surface area contributed by atoms with E-state index >= 15 is 0 Å². The zero-order chi connectivity index (χ0) is 22.1. The number of Topliss-reactive ketones (excluding diaryl/α,β-unsaturated/α-hetero) is 1. The average Bonchev–Trinajstić information content (AvgIpc) is 2.82. The fourth-order valence-corrected chi connectivity index (χ4v) is 3.48. The Morgan fingerprint density at radius 1 is 1.06 bits per heavy atom. The minimum Gasteiger partial charge on any atom is -0.388 e. The number of nitrogens with one attached hydrogen (secondary N) is 2. The number of anilines is 1. The van der Waals surface area contributed by atoms with Crippen molar-refractivity contribution in [3.63, 3.8) is 0 Å². The molecule has 1 heterocycles. The van der Waals surface area contributed by atoms with Gasteiger partial charge in [-0.2, -0.15) is 0 Å². The highest BCUT2D eigenvalue weighted by Gasteiger charge is 2.18. The number of amides is 1. The Kier molecular flexibility index (Phi) is 8.16. The third-order valence-electron chi connectivity index (χ3n) is 5.30. The number of carbonyl (C=O) groups is 2. The van der Waals surface area contributed by atoms with E-state index in [2.05, 4.69) is 27.5 Å². The van der Waals surface area contributed by atoms with Crippen LogP contribution in [0, 0.1) is 11.8 Å². The first kappa shape index (κ1) is 22.5. The second-order valence-corrected chi connectivity index (χ2v) is 7.62. The Morgan fingerprint density at radius 3 is 2.35 bits per heavy atom. The van der Waals surface area contributed by atoms with Crippen LogP contribution in [0.1, 0.15) is 53.6 Å². The summed E-state index contributed by atoms with van der Waals surface area (Å²) in [5, 5.41) is 14.9. The standard InChI is InChI=1S/C24H28N4O3/c25-14-21(22(30)16-29)28-24(31)19-11-8-17(9-12-19)6-7-18-10-13-23(26-15-18)27-20-4-2-1-3-5-20/h8-13,15,20-21,29H,1-5,14,16,25H2,(H,26,27)(H,28,31)/t21-/m0/s1. The van der Waals surface area contributed by atoms with E-state index in [1.807, 2.05) is 12.1 Å². The van der Waals surface area contributed by atoms with Crippen LogP contribution in [0.2, 0.25) is 0 Å². The molecule has 7 heteroatoms. The molecular weight excluding hydrogens is 392 g/mol. The number of nitrogens with two attached hydrogens (primary N) is 1. The molecule has 1 saturated carbocycles. The van der Waals surface area contributed by atoms with Crippen molar-refractivity contribution in [2.45, 2.75) is 44.2 Å². The molecular formula is C24H28N4O3. The molecule has 31 heavy (non-hydrogen) atoms. The van der Waals surface area contributed by atoms with Crippen LogP contribution in [-0.2, 0) is 4.79 Å². The van der Waals surface area contributed by atoms with Crippen LogP contribution in [0.5, 0.6) is 0 Å². The summed E-state index contributed by atoms with van der Waals surface area (Å²) in [6.45, 7) is -0.735. The molecule has 5 N–H and O–H groups in total. The van der Waals surface area contributed by atoms with E-state index in [0.717, 1.165) is 16.9 Å². The Hall–Kier alpha value is -3.21. The van der Waals surface area contributed by atoms with Gasteiger partial charge in [0.05, 0.1) is 0 Å². The SMILES string of the molecule is NC[C@H](NC(=O)c1ccc(C#Cc2ccc(NC3CCCCC3)nc2)cc1)C(=O)CO. The maximum atomic E-state index is 12.2. The summed E-state index contributed by atoms with van der Waals surface area (Å²) in [4.78, 5) is 28.2. The lowest BCUT2D eigenvalue weighted by molar-refractivity contribution is -0.123. The number of pyridine rings is 1. The van der Waals surface area contributed by atoms with Gasteiger partial charge in [-0.15, -0.1) is 0 Å². The first-order valence-electron chi connectivity index (χ1n) is 10.6. The summed E-state index contributed by atoms with van der Waals surface area (Å²) in [5.74, 6) is 6.06. The van der Waals surface area contributed by atoms with E-state index in [4.69, 9.17) is 10.8 Å². The minimum absolute atomic E-state index is 0.0717. The summed E-state index contributed by atoms with van der Waals surface area (Å²) >= 11 is 0. The first-order valence-corrected chi connectivity index (χ1v) is 10.6. The lowest BCUT2D eigenvalue weighted by Crippen LogP contribution is -2.46. The molecule has 1 atom stereocenters. The highest BCUT2D eigenvalue weighted by atomic mass is 16.3. The number of aliphatic hydroxyl groups is 1. The largest absolute Gasteiger partial charge is 0.388 e. The number of nitrogens with zero attached hydrogens (tertiary/aromatic N) is 1. The molecule has 1 aromatic carbocycles. The van der Waals surface area contributed by atoms with Crippen LogP contribution >= 0.6 is 0 Å². The average molecular weight is 421 g/mol. The lowest BCUT2D eigenvalue weighted by Gasteiger charge is -2.23. The summed E-state index contributed by atoms with van der Waals surface area (Å²) in [6.07, 6.45) is 8.02. The lowest BCUT2D eigenvalue weighted by atomic mass is 9.95. The zero-order valence-electron chi connectivity index (χ0n) is 17.4. The maximum absolute atomic E-state index is 12.2. The van der Waals surface area contributed by atoms with Gasteiger partial charge >= 0.3 is 0 Å². The van der Waals surface area contributed by atoms with Gasteiger partial charge in [0, 0.05) is 35.5 Å². The maximum Gasteiger partial charge on any atom is 0.251 e. The Balaban J connectivity index is 1.57. The third kappa shape index (κ3) is 6.64. The molecule has 1 aliphatic carbocycles. The van der Waals surface area contributed by atoms with Gasteiger partial charge in [-0.3, -0.25) is 9.59 Å². The first-order chi connectivity index (χ1) is 15.1. The fourth-order valence-electron chi connectivity index (χ4n) is 3.48. The van der Waals surface area contributed by atoms with Crippen LogP contribution in [0.15, 0.2) is 42.6 Å². The predicted molar refractivity (Wildman–Crippen MR) is 120 cm³/mol. The van der Waals surface area contributed by atoms with Crippen molar-refractivity contribution in [3.05, 3.63) is 59.3 Å². The van der Waals surface area contributed by atoms with E-state index in [0.29, 0.717) is 11.6 Å². The number of aliphatic hydroxyl groups excluding tert-OH is 1. The highest BCUT2D eigenvalue weighted by Crippen LogP contribution is 2.20. The highest BCUT2D eigenvalue weighted by molar-refractivity contribution is 5.98. The van der Waals surface area contributed by atoms with Crippen molar-refractivity contribution >= 4 is 17.5 Å². The minimum atomic E-state index is -0.903. The van der Waals surface area contributed by atoms with Gasteiger partial charge in [0.1, 0.15) is 18.5 Å². The number of carbonyl (C=O) groups excluding carboxylic acids is 2. The molecule has 1 aromatic heterocycles. The molecule has 1 aliphatic rings. The molecule has 0 saturated heterocycles. The van der Waals surface area contributed by atoms with Gasteiger partial charge in [-0.25, -0.2) is 4.98 Å². The second-order valence-electron chi connectivity index (χ2n) is 7.62. The van der Waals surface area contributed by atoms with Crippen molar-refractivity contribution in [3.8, 4) is 11.8 Å². The number of benzene rings is 1. The Morgan fingerprint density at radius 2 is 1.74 bits per heavy atom. The molecule has 2 aromatic rings. The molecule has 0 bridgehead atoms. The van der Waals surface area contributed by atoms with Crippen molar-refractivity contribution in [2.75, 3.05) is 18.5 Å². The van der Waals surface area contributed by atoms with Gasteiger partial charge in [-0.05, 0) is 49.2 Å². The molecule has 1 amide bonds. The van der Waals surface area contributed by atoms with Crippen molar-refractivity contribution in [1.29, 1.82) is 0 Å². The molecule has 0 spiro atoms. The van der Waals surface area contributed by atoms with Gasteiger partial charge in [0.15, 0.2) is 5.78 Å². The van der Waals surface area contributed by atoms with E-state index < -0.39 is 24.3 Å². The third-order valence-corrected chi connectivity index (χ3v) is 5.30.